The third-order valence-electron chi connectivity index (χ3n) is 5.64. The fourth-order valence-electron chi connectivity index (χ4n) is 4.10. The summed E-state index contributed by atoms with van der Waals surface area (Å²) < 4.78 is 28.6. The van der Waals surface area contributed by atoms with E-state index in [0.717, 1.165) is 37.3 Å². The number of benzene rings is 2. The first-order chi connectivity index (χ1) is 13.5. The third kappa shape index (κ3) is 3.80. The summed E-state index contributed by atoms with van der Waals surface area (Å²) in [6.07, 6.45) is 0. The number of hydrogen-bond acceptors (Lipinski definition) is 3. The first kappa shape index (κ1) is 19.0. The van der Waals surface area contributed by atoms with Crippen LogP contribution in [0.5, 0.6) is 0 Å². The molecule has 0 N–H and O–H groups in total. The molecular formula is C22H26F2N4. The zero-order chi connectivity index (χ0) is 19.7. The highest BCUT2D eigenvalue weighted by Gasteiger charge is 2.28. The minimum absolute atomic E-state index is 0.150. The Kier molecular flexibility index (Phi) is 5.42. The van der Waals surface area contributed by atoms with Crippen molar-refractivity contribution < 1.29 is 8.78 Å². The van der Waals surface area contributed by atoms with E-state index < -0.39 is 6.55 Å². The molecule has 0 saturated carbocycles. The Balaban J connectivity index is 1.46. The van der Waals surface area contributed by atoms with Gasteiger partial charge in [-0.15, -0.1) is 0 Å². The van der Waals surface area contributed by atoms with E-state index in [4.69, 9.17) is 0 Å². The van der Waals surface area contributed by atoms with E-state index in [2.05, 4.69) is 46.0 Å². The van der Waals surface area contributed by atoms with Crippen LogP contribution in [-0.4, -0.2) is 45.5 Å². The van der Waals surface area contributed by atoms with Crippen LogP contribution in [0.1, 0.15) is 36.5 Å². The predicted molar refractivity (Wildman–Crippen MR) is 107 cm³/mol. The lowest BCUT2D eigenvalue weighted by Crippen LogP contribution is -2.47. The monoisotopic (exact) mass is 384 g/mol. The third-order valence-corrected chi connectivity index (χ3v) is 5.64. The molecule has 6 heteroatoms. The number of piperazine rings is 1. The molecular weight excluding hydrogens is 358 g/mol. The number of alkyl halides is 2. The summed E-state index contributed by atoms with van der Waals surface area (Å²) in [6, 6.07) is 15.6. The average Bonchev–Trinajstić information content (AvgIpc) is 3.08. The Morgan fingerprint density at radius 2 is 1.75 bits per heavy atom. The summed E-state index contributed by atoms with van der Waals surface area (Å²) in [5.74, 6) is 0.448. The minimum atomic E-state index is -2.59. The lowest BCUT2D eigenvalue weighted by Gasteiger charge is -2.37. The standard InChI is InChI=1S/C22H26F2N4/c1-16-6-5-7-18(14-16)15-26-10-12-27(13-11-26)17(2)21-25-19-8-3-4-9-20(19)28(21)22(23)24/h3-9,14,17,22H,10-13,15H2,1-2H3. The van der Waals surface area contributed by atoms with Crippen molar-refractivity contribution in [3.63, 3.8) is 0 Å². The number of aromatic nitrogens is 2. The summed E-state index contributed by atoms with van der Waals surface area (Å²) in [4.78, 5) is 9.21. The van der Waals surface area contributed by atoms with Crippen molar-refractivity contribution >= 4 is 11.0 Å². The van der Waals surface area contributed by atoms with Gasteiger partial charge in [-0.05, 0) is 31.5 Å². The molecule has 3 aromatic rings. The van der Waals surface area contributed by atoms with Crippen molar-refractivity contribution in [1.82, 2.24) is 19.4 Å². The molecule has 1 aliphatic rings. The van der Waals surface area contributed by atoms with Gasteiger partial charge < -0.3 is 0 Å². The van der Waals surface area contributed by atoms with Crippen LogP contribution in [0.3, 0.4) is 0 Å². The maximum atomic E-state index is 13.8. The molecule has 1 aromatic heterocycles. The van der Waals surface area contributed by atoms with Crippen molar-refractivity contribution in [1.29, 1.82) is 0 Å². The van der Waals surface area contributed by atoms with E-state index in [9.17, 15) is 8.78 Å². The van der Waals surface area contributed by atoms with Crippen LogP contribution in [0, 0.1) is 6.92 Å². The second kappa shape index (κ2) is 7.97. The maximum Gasteiger partial charge on any atom is 0.320 e. The number of rotatable bonds is 5. The molecule has 1 fully saturated rings. The van der Waals surface area contributed by atoms with Gasteiger partial charge in [0.05, 0.1) is 17.1 Å². The first-order valence-corrected chi connectivity index (χ1v) is 9.80. The lowest BCUT2D eigenvalue weighted by molar-refractivity contribution is 0.0558. The van der Waals surface area contributed by atoms with Crippen LogP contribution in [0.4, 0.5) is 8.78 Å². The van der Waals surface area contributed by atoms with E-state index in [-0.39, 0.29) is 6.04 Å². The topological polar surface area (TPSA) is 24.3 Å². The van der Waals surface area contributed by atoms with Crippen LogP contribution in [0.15, 0.2) is 48.5 Å². The molecule has 0 spiro atoms. The smallest absolute Gasteiger partial charge is 0.297 e. The Labute approximate surface area is 164 Å². The van der Waals surface area contributed by atoms with Crippen molar-refractivity contribution in [3.8, 4) is 0 Å². The highest BCUT2D eigenvalue weighted by molar-refractivity contribution is 5.76. The molecule has 2 aromatic carbocycles. The molecule has 0 bridgehead atoms. The SMILES string of the molecule is Cc1cccc(CN2CCN(C(C)c3nc4ccccc4n3C(F)F)CC2)c1. The van der Waals surface area contributed by atoms with Crippen LogP contribution in [-0.2, 0) is 6.54 Å². The van der Waals surface area contributed by atoms with E-state index in [1.807, 2.05) is 13.0 Å². The molecule has 1 atom stereocenters. The van der Waals surface area contributed by atoms with Crippen LogP contribution >= 0.6 is 0 Å². The zero-order valence-corrected chi connectivity index (χ0v) is 16.4. The van der Waals surface area contributed by atoms with Gasteiger partial charge in [0.2, 0.25) is 0 Å². The Morgan fingerprint density at radius 1 is 1.00 bits per heavy atom. The zero-order valence-electron chi connectivity index (χ0n) is 16.4. The van der Waals surface area contributed by atoms with Crippen LogP contribution in [0.2, 0.25) is 0 Å². The van der Waals surface area contributed by atoms with Crippen LogP contribution < -0.4 is 0 Å². The lowest BCUT2D eigenvalue weighted by atomic mass is 10.1. The number of nitrogens with zero attached hydrogens (tertiary/aromatic N) is 4. The van der Waals surface area contributed by atoms with Gasteiger partial charge in [0.25, 0.3) is 0 Å². The Hall–Kier alpha value is -2.31. The van der Waals surface area contributed by atoms with Crippen LogP contribution in [0.25, 0.3) is 11.0 Å². The fourth-order valence-corrected chi connectivity index (χ4v) is 4.10. The molecule has 2 heterocycles. The van der Waals surface area contributed by atoms with Gasteiger partial charge in [-0.3, -0.25) is 14.4 Å². The molecule has 1 aliphatic heterocycles. The normalized spacial score (nSPS) is 17.5. The predicted octanol–water partition coefficient (Wildman–Crippen LogP) is 4.62. The van der Waals surface area contributed by atoms with E-state index in [1.54, 1.807) is 18.2 Å². The number of halogens is 2. The number of imidazole rings is 1. The summed E-state index contributed by atoms with van der Waals surface area (Å²) in [7, 11) is 0. The molecule has 148 valence electrons. The molecule has 28 heavy (non-hydrogen) atoms. The van der Waals surface area contributed by atoms with Gasteiger partial charge in [0, 0.05) is 32.7 Å². The number of fused-ring (bicyclic) bond motifs is 1. The van der Waals surface area contributed by atoms with Gasteiger partial charge in [-0.25, -0.2) is 4.98 Å². The Bertz CT molecular complexity index is 945. The highest BCUT2D eigenvalue weighted by Crippen LogP contribution is 2.29. The average molecular weight is 384 g/mol. The molecule has 0 amide bonds. The van der Waals surface area contributed by atoms with Crippen molar-refractivity contribution in [2.75, 3.05) is 26.2 Å². The van der Waals surface area contributed by atoms with Gasteiger partial charge in [-0.1, -0.05) is 42.0 Å². The number of para-hydroxylation sites is 2. The largest absolute Gasteiger partial charge is 0.320 e. The summed E-state index contributed by atoms with van der Waals surface area (Å²) in [6.45, 7) is 5.97. The minimum Gasteiger partial charge on any atom is -0.297 e. The van der Waals surface area contributed by atoms with E-state index in [1.165, 1.54) is 11.1 Å². The second-order valence-corrected chi connectivity index (χ2v) is 7.58. The molecule has 4 nitrogen and oxygen atoms in total. The number of hydrogen-bond donors (Lipinski definition) is 0. The molecule has 1 unspecified atom stereocenters. The van der Waals surface area contributed by atoms with Crippen molar-refractivity contribution in [2.24, 2.45) is 0 Å². The molecule has 0 radical (unpaired) electrons. The fraction of sp³-hybridized carbons (Fsp3) is 0.409. The van der Waals surface area contributed by atoms with Gasteiger partial charge >= 0.3 is 6.55 Å². The highest BCUT2D eigenvalue weighted by atomic mass is 19.3. The van der Waals surface area contributed by atoms with Gasteiger partial charge in [0.15, 0.2) is 0 Å². The van der Waals surface area contributed by atoms with E-state index >= 15 is 0 Å². The van der Waals surface area contributed by atoms with Crippen molar-refractivity contribution in [2.45, 2.75) is 33.0 Å². The Morgan fingerprint density at radius 3 is 2.46 bits per heavy atom. The molecule has 0 aliphatic carbocycles. The summed E-state index contributed by atoms with van der Waals surface area (Å²) in [5.41, 5.74) is 3.72. The molecule has 1 saturated heterocycles. The molecule has 4 rings (SSSR count). The first-order valence-electron chi connectivity index (χ1n) is 9.80. The van der Waals surface area contributed by atoms with E-state index in [0.29, 0.717) is 16.9 Å². The maximum absolute atomic E-state index is 13.8. The quantitative estimate of drug-likeness (QED) is 0.642. The second-order valence-electron chi connectivity index (χ2n) is 7.58. The summed E-state index contributed by atoms with van der Waals surface area (Å²) in [5, 5.41) is 0. The van der Waals surface area contributed by atoms with Gasteiger partial charge in [-0.2, -0.15) is 8.78 Å². The van der Waals surface area contributed by atoms with Crippen molar-refractivity contribution in [3.05, 3.63) is 65.5 Å². The van der Waals surface area contributed by atoms with Gasteiger partial charge in [0.1, 0.15) is 5.82 Å². The summed E-state index contributed by atoms with van der Waals surface area (Å²) >= 11 is 0. The number of aryl methyl sites for hydroxylation is 1.